The summed E-state index contributed by atoms with van der Waals surface area (Å²) in [5, 5.41) is 56.4. The average Bonchev–Trinajstić information content (AvgIpc) is 3.00. The van der Waals surface area contributed by atoms with Crippen molar-refractivity contribution in [2.45, 2.75) is 4.90 Å². The Morgan fingerprint density at radius 1 is 0.788 bits per heavy atom. The molecule has 1 heterocycles. The number of hydrogen-bond donors (Lipinski definition) is 4. The van der Waals surface area contributed by atoms with Crippen LogP contribution in [0.5, 0.6) is 17.5 Å². The second kappa shape index (κ2) is 22.3. The van der Waals surface area contributed by atoms with Gasteiger partial charge in [0.15, 0.2) is 17.2 Å². The van der Waals surface area contributed by atoms with Gasteiger partial charge in [-0.25, -0.2) is 12.6 Å². The Morgan fingerprint density at radius 2 is 1.35 bits per heavy atom. The van der Waals surface area contributed by atoms with E-state index >= 15 is 0 Å². The maximum Gasteiger partial charge on any atom is 1.00 e. The first-order valence-corrected chi connectivity index (χ1v) is 15.2. The van der Waals surface area contributed by atoms with Gasteiger partial charge in [-0.15, -0.1) is 10.2 Å². The molecule has 1 unspecified atom stereocenters. The maximum atomic E-state index is 12.0. The summed E-state index contributed by atoms with van der Waals surface area (Å²) in [6, 6.07) is 12.1. The molecule has 4 aromatic carbocycles. The maximum absolute atomic E-state index is 12.0. The molecule has 4 N–H and O–H groups in total. The number of fused-ring (bicyclic) bond motifs is 1. The van der Waals surface area contributed by atoms with E-state index in [4.69, 9.17) is 4.18 Å². The van der Waals surface area contributed by atoms with Crippen molar-refractivity contribution < 1.29 is 261 Å². The van der Waals surface area contributed by atoms with Crippen molar-refractivity contribution in [1.29, 1.82) is 0 Å². The molecular weight excluding hydrogens is 835 g/mol. The van der Waals surface area contributed by atoms with Crippen LogP contribution in [0.3, 0.4) is 0 Å². The molecule has 0 amide bonds. The summed E-state index contributed by atoms with van der Waals surface area (Å²) in [5.74, 6) is -5.77. The monoisotopic (exact) mass is 849 g/mol. The normalized spacial score (nSPS) is 11.2. The van der Waals surface area contributed by atoms with Gasteiger partial charge in [-0.05, 0) is 35.7 Å². The molecule has 0 saturated heterocycles. The third kappa shape index (κ3) is 12.9. The predicted octanol–water partition coefficient (Wildman–Crippen LogP) is -10.8. The molecule has 0 aliphatic carbocycles. The number of aromatic nitrogens is 3. The van der Waals surface area contributed by atoms with Crippen LogP contribution in [0.2, 0.25) is 0 Å². The molecule has 0 aliphatic heterocycles. The van der Waals surface area contributed by atoms with Crippen LogP contribution in [-0.4, -0.2) is 58.8 Å². The van der Waals surface area contributed by atoms with Crippen LogP contribution in [-0.2, 0) is 21.5 Å². The van der Waals surface area contributed by atoms with Crippen molar-refractivity contribution in [3.8, 4) is 17.5 Å². The number of azo groups is 1. The van der Waals surface area contributed by atoms with Crippen LogP contribution >= 0.6 is 0 Å². The Bertz CT molecular complexity index is 2300. The van der Waals surface area contributed by atoms with Gasteiger partial charge in [0.25, 0.3) is 0 Å². The summed E-state index contributed by atoms with van der Waals surface area (Å²) >= 11 is -3.29. The summed E-state index contributed by atoms with van der Waals surface area (Å²) < 4.78 is 63.7. The fourth-order valence-electron chi connectivity index (χ4n) is 4.26. The van der Waals surface area contributed by atoms with Crippen LogP contribution < -0.4 is 231 Å². The third-order valence-electron chi connectivity index (χ3n) is 6.22. The summed E-state index contributed by atoms with van der Waals surface area (Å²) in [4.78, 5) is 33.4. The number of nitrogens with zero attached hydrogens (tertiary/aromatic N) is 5. The SMILES string of the molecule is O=C([O-])c1ccccc1N=Nc1c(OS(=O)[O-])cc2cc(S(=O)(=O)[O-])cc(Nc3nc(O)nc(Nc4ccccc4C(=O)[O-])n3)c2c1O.[K+].[K+].[K+].[K+]. The number of carboxylic acids is 2. The largest absolute Gasteiger partial charge is 1.00 e. The van der Waals surface area contributed by atoms with Crippen LogP contribution in [0, 0.1) is 0 Å². The molecule has 19 nitrogen and oxygen atoms in total. The number of phenolic OH excluding ortho intramolecular Hbond substituents is 1. The van der Waals surface area contributed by atoms with Gasteiger partial charge in [0.05, 0.1) is 28.2 Å². The zero-order valence-electron chi connectivity index (χ0n) is 27.4. The van der Waals surface area contributed by atoms with E-state index in [1.54, 1.807) is 0 Å². The van der Waals surface area contributed by atoms with Crippen LogP contribution in [0.15, 0.2) is 81.9 Å². The van der Waals surface area contributed by atoms with Gasteiger partial charge >= 0.3 is 212 Å². The Balaban J connectivity index is 0.00000338. The summed E-state index contributed by atoms with van der Waals surface area (Å²) in [6.45, 7) is 0. The Morgan fingerprint density at radius 3 is 1.92 bits per heavy atom. The minimum atomic E-state index is -5.21. The number of aromatic hydroxyl groups is 2. The number of carbonyl (C=O) groups is 2. The number of rotatable bonds is 11. The van der Waals surface area contributed by atoms with Gasteiger partial charge in [0.1, 0.15) is 21.5 Å². The number of anilines is 4. The topological polar surface area (TPSA) is 315 Å². The second-order valence-electron chi connectivity index (χ2n) is 9.25. The van der Waals surface area contributed by atoms with Gasteiger partial charge in [-0.3, -0.25) is 0 Å². The van der Waals surface area contributed by atoms with Gasteiger partial charge in [0.2, 0.25) is 11.9 Å². The summed E-state index contributed by atoms with van der Waals surface area (Å²) in [7, 11) is -5.21. The number of para-hydroxylation sites is 1. The van der Waals surface area contributed by atoms with E-state index in [-0.39, 0.29) is 233 Å². The Kier molecular flexibility index (Phi) is 21.5. The molecule has 25 heteroatoms. The zero-order valence-corrected chi connectivity index (χ0v) is 41.5. The van der Waals surface area contributed by atoms with Gasteiger partial charge in [-0.2, -0.15) is 15.0 Å². The van der Waals surface area contributed by atoms with Crippen molar-refractivity contribution >= 4 is 78.8 Å². The molecule has 246 valence electrons. The van der Waals surface area contributed by atoms with Gasteiger partial charge < -0.3 is 53.9 Å². The molecule has 5 rings (SSSR count). The number of carboxylic acid groups (broad SMARTS) is 2. The van der Waals surface area contributed by atoms with E-state index in [0.717, 1.165) is 24.3 Å². The number of carbonyl (C=O) groups excluding carboxylic acids is 2. The van der Waals surface area contributed by atoms with E-state index in [2.05, 4.69) is 35.8 Å². The molecule has 0 radical (unpaired) electrons. The fraction of sp³-hybridized carbons (Fsp3) is 0. The number of aromatic carboxylic acids is 2. The molecule has 0 fully saturated rings. The molecular formula is C27H15K4N7O12S2. The van der Waals surface area contributed by atoms with Crippen molar-refractivity contribution in [2.75, 3.05) is 10.6 Å². The third-order valence-corrected chi connectivity index (χ3v) is 7.34. The van der Waals surface area contributed by atoms with Crippen LogP contribution in [0.1, 0.15) is 20.7 Å². The molecule has 0 bridgehead atoms. The molecule has 0 aliphatic rings. The van der Waals surface area contributed by atoms with Crippen LogP contribution in [0.4, 0.5) is 34.6 Å². The predicted molar refractivity (Wildman–Crippen MR) is 157 cm³/mol. The standard InChI is InChI=1S/C27H19N7O12S2.4K/c35-22-20-12(10-19(46-47(41)42)21(22)34-33-17-8-4-2-6-15(17)24(38)39)9-13(48(43,44)45)11-18(20)29-26-30-25(31-27(40)32-26)28-16-7-3-1-5-14(16)23(36)37;;;;/h1-11,35H,(H,36,37)(H,38,39)(H,41,42)(H,43,44,45)(H3,28,29,30,31,32,40);;;;/q;4*+1/p-4. The smallest absolute Gasteiger partial charge is 0.744 e. The van der Waals surface area contributed by atoms with E-state index in [0.29, 0.717) is 0 Å². The average molecular weight is 850 g/mol. The van der Waals surface area contributed by atoms with Crippen LogP contribution in [0.25, 0.3) is 10.8 Å². The van der Waals surface area contributed by atoms with E-state index in [9.17, 15) is 51.7 Å². The molecule has 5 aromatic rings. The minimum Gasteiger partial charge on any atom is -0.744 e. The first kappa shape index (κ1) is 50.3. The number of benzene rings is 4. The molecule has 0 spiro atoms. The Hall–Kier alpha value is 0.255. The summed E-state index contributed by atoms with van der Waals surface area (Å²) in [6.07, 6.45) is 0. The molecule has 0 saturated carbocycles. The van der Waals surface area contributed by atoms with Crippen molar-refractivity contribution in [2.24, 2.45) is 10.2 Å². The quantitative estimate of drug-likeness (QED) is 0.0415. The number of hydrogen-bond acceptors (Lipinski definition) is 19. The number of phenols is 1. The molecule has 52 heavy (non-hydrogen) atoms. The fourth-order valence-corrected chi connectivity index (χ4v) is 5.07. The second-order valence-corrected chi connectivity index (χ2v) is 11.2. The van der Waals surface area contributed by atoms with Gasteiger partial charge in [0, 0.05) is 22.2 Å². The summed E-state index contributed by atoms with van der Waals surface area (Å²) in [5.41, 5.74) is -2.14. The van der Waals surface area contributed by atoms with Crippen molar-refractivity contribution in [3.63, 3.8) is 0 Å². The van der Waals surface area contributed by atoms with Crippen molar-refractivity contribution in [1.82, 2.24) is 15.0 Å². The first-order valence-electron chi connectivity index (χ1n) is 12.8. The first-order chi connectivity index (χ1) is 22.7. The van der Waals surface area contributed by atoms with Gasteiger partial charge in [-0.1, -0.05) is 36.4 Å². The Labute approximate surface area is 466 Å². The molecule has 1 atom stereocenters. The van der Waals surface area contributed by atoms with E-state index < -0.39 is 84.7 Å². The number of nitrogens with one attached hydrogen (secondary N) is 2. The van der Waals surface area contributed by atoms with E-state index in [1.807, 2.05) is 0 Å². The molecule has 1 aromatic heterocycles. The van der Waals surface area contributed by atoms with E-state index in [1.165, 1.54) is 42.5 Å². The van der Waals surface area contributed by atoms with Crippen molar-refractivity contribution in [3.05, 3.63) is 77.9 Å². The zero-order chi connectivity index (χ0) is 34.7. The minimum absolute atomic E-state index is 0.